The Hall–Kier alpha value is -0.993. The fourth-order valence-electron chi connectivity index (χ4n) is 2.38. The minimum absolute atomic E-state index is 0.0817. The molecule has 4 heteroatoms. The van der Waals surface area contributed by atoms with Crippen molar-refractivity contribution in [1.82, 2.24) is 0 Å². The van der Waals surface area contributed by atoms with Crippen LogP contribution in [0.3, 0.4) is 0 Å². The van der Waals surface area contributed by atoms with Gasteiger partial charge in [0.15, 0.2) is 0 Å². The van der Waals surface area contributed by atoms with Crippen molar-refractivity contribution in [2.75, 3.05) is 12.7 Å². The van der Waals surface area contributed by atoms with Gasteiger partial charge >= 0.3 is 0 Å². The fraction of sp³-hybridized carbons (Fsp3) is 0.200. The first-order valence-electron chi connectivity index (χ1n) is 6.31. The fourth-order valence-corrected chi connectivity index (χ4v) is 10.6. The van der Waals surface area contributed by atoms with Crippen LogP contribution in [-0.2, 0) is 0 Å². The maximum Gasteiger partial charge on any atom is 0.145 e. The quantitative estimate of drug-likeness (QED) is 0.651. The van der Waals surface area contributed by atoms with E-state index >= 15 is 0 Å². The Morgan fingerprint density at radius 3 is 1.47 bits per heavy atom. The van der Waals surface area contributed by atoms with Crippen LogP contribution in [0.1, 0.15) is 0 Å². The van der Waals surface area contributed by atoms with Gasteiger partial charge in [-0.05, 0) is 10.4 Å². The van der Waals surface area contributed by atoms with Crippen molar-refractivity contribution in [3.63, 3.8) is 0 Å². The molecule has 0 unspecified atom stereocenters. The van der Waals surface area contributed by atoms with Crippen LogP contribution >= 0.6 is 7.47 Å². The van der Waals surface area contributed by atoms with Gasteiger partial charge in [0.1, 0.15) is 7.74 Å². The number of aliphatic hydroxyl groups is 2. The Balaban J connectivity index is 2.57. The highest BCUT2D eigenvalue weighted by atomic mass is 31.4. The van der Waals surface area contributed by atoms with Gasteiger partial charge < -0.3 is 10.2 Å². The van der Waals surface area contributed by atoms with Crippen molar-refractivity contribution in [3.05, 3.63) is 60.7 Å². The second-order valence-corrected chi connectivity index (χ2v) is 14.2. The van der Waals surface area contributed by atoms with Crippen LogP contribution < -0.4 is 10.4 Å². The van der Waals surface area contributed by atoms with E-state index in [1.165, 1.54) is 10.4 Å². The average Bonchev–Trinajstić information content (AvgIpc) is 2.50. The van der Waals surface area contributed by atoms with Gasteiger partial charge in [0.25, 0.3) is 0 Å². The van der Waals surface area contributed by atoms with E-state index in [9.17, 15) is 10.2 Å². The van der Waals surface area contributed by atoms with Gasteiger partial charge in [-0.2, -0.15) is 0 Å². The Labute approximate surface area is 116 Å². The monoisotopic (exact) mass is 290 g/mol. The molecular formula is C15H19O2PSi. The molecule has 0 atom stereocenters. The second-order valence-electron chi connectivity index (χ2n) is 4.63. The summed E-state index contributed by atoms with van der Waals surface area (Å²) in [4.78, 5) is 0. The average molecular weight is 290 g/mol. The lowest BCUT2D eigenvalue weighted by atomic mass is 10.4. The van der Waals surface area contributed by atoms with Crippen molar-refractivity contribution in [2.24, 2.45) is 0 Å². The van der Waals surface area contributed by atoms with E-state index in [1.54, 1.807) is 0 Å². The highest BCUT2D eigenvalue weighted by molar-refractivity contribution is 7.99. The van der Waals surface area contributed by atoms with Crippen molar-refractivity contribution < 1.29 is 10.2 Å². The molecule has 0 aliphatic heterocycles. The molecular weight excluding hydrogens is 271 g/mol. The summed E-state index contributed by atoms with van der Waals surface area (Å²) in [6.07, 6.45) is 0.163. The van der Waals surface area contributed by atoms with Gasteiger partial charge in [-0.15, -0.1) is 0 Å². The van der Waals surface area contributed by atoms with Gasteiger partial charge in [-0.1, -0.05) is 74.7 Å². The van der Waals surface area contributed by atoms with Crippen molar-refractivity contribution in [2.45, 2.75) is 6.55 Å². The zero-order valence-corrected chi connectivity index (χ0v) is 12.9. The largest absolute Gasteiger partial charge is 0.392 e. The van der Waals surface area contributed by atoms with Crippen LogP contribution in [0.15, 0.2) is 60.7 Å². The van der Waals surface area contributed by atoms with E-state index in [0.29, 0.717) is 0 Å². The summed E-state index contributed by atoms with van der Waals surface area (Å²) in [6.45, 7) is 2.25. The molecule has 0 radical (unpaired) electrons. The smallest absolute Gasteiger partial charge is 0.145 e. The summed E-state index contributed by atoms with van der Waals surface area (Å²) < 4.78 is 0. The van der Waals surface area contributed by atoms with E-state index < -0.39 is 15.2 Å². The third-order valence-electron chi connectivity index (χ3n) is 3.65. The zero-order valence-electron chi connectivity index (χ0n) is 11.0. The molecule has 2 aromatic rings. The Bertz CT molecular complexity index is 461. The maximum atomic E-state index is 9.69. The Morgan fingerprint density at radius 1 is 0.789 bits per heavy atom. The molecule has 0 fully saturated rings. The molecule has 0 spiro atoms. The standard InChI is InChI=1S/C15H19O2PSi/c1-19(18(12-16)13-17,14-8-4-2-5-9-14)15-10-6-3-7-11-15/h2-11,16-17H,12-13H2,1H3. The van der Waals surface area contributed by atoms with Gasteiger partial charge in [0, 0.05) is 0 Å². The minimum atomic E-state index is -2.07. The number of hydrogen-bond acceptors (Lipinski definition) is 2. The number of rotatable bonds is 5. The first-order valence-corrected chi connectivity index (χ1v) is 11.4. The molecule has 0 saturated carbocycles. The van der Waals surface area contributed by atoms with Crippen LogP contribution in [-0.4, -0.2) is 30.7 Å². The van der Waals surface area contributed by atoms with E-state index in [0.717, 1.165) is 0 Å². The normalized spacial score (nSPS) is 11.8. The number of benzene rings is 2. The summed E-state index contributed by atoms with van der Waals surface area (Å²) in [5, 5.41) is 21.9. The lowest BCUT2D eigenvalue weighted by Gasteiger charge is -2.35. The Kier molecular flexibility index (Phi) is 4.89. The van der Waals surface area contributed by atoms with Crippen LogP contribution in [0, 0.1) is 0 Å². The molecule has 0 aliphatic carbocycles. The molecule has 0 heterocycles. The summed E-state index contributed by atoms with van der Waals surface area (Å²) in [5.41, 5.74) is 0. The summed E-state index contributed by atoms with van der Waals surface area (Å²) in [7, 11) is -2.87. The van der Waals surface area contributed by atoms with E-state index in [2.05, 4.69) is 30.8 Å². The SMILES string of the molecule is C[Si](c1ccccc1)(c1ccccc1)P(CO)CO. The third kappa shape index (κ3) is 2.80. The number of aliphatic hydroxyl groups excluding tert-OH is 2. The molecule has 2 rings (SSSR count). The molecule has 0 saturated heterocycles. The molecule has 19 heavy (non-hydrogen) atoms. The van der Waals surface area contributed by atoms with Crippen LogP contribution in [0.5, 0.6) is 0 Å². The molecule has 0 aromatic heterocycles. The van der Waals surface area contributed by atoms with Crippen molar-refractivity contribution in [1.29, 1.82) is 0 Å². The predicted octanol–water partition coefficient (Wildman–Crippen LogP) is 1.76. The minimum Gasteiger partial charge on any atom is -0.392 e. The lowest BCUT2D eigenvalue weighted by Crippen LogP contribution is -2.55. The van der Waals surface area contributed by atoms with Crippen LogP contribution in [0.4, 0.5) is 0 Å². The van der Waals surface area contributed by atoms with Gasteiger partial charge in [-0.25, -0.2) is 0 Å². The molecule has 2 nitrogen and oxygen atoms in total. The Morgan fingerprint density at radius 2 is 1.16 bits per heavy atom. The maximum absolute atomic E-state index is 9.69. The van der Waals surface area contributed by atoms with E-state index in [-0.39, 0.29) is 12.7 Å². The second kappa shape index (κ2) is 6.44. The van der Waals surface area contributed by atoms with Crippen LogP contribution in [0.2, 0.25) is 6.55 Å². The summed E-state index contributed by atoms with van der Waals surface area (Å²) >= 11 is 0. The molecule has 0 amide bonds. The van der Waals surface area contributed by atoms with E-state index in [4.69, 9.17) is 0 Å². The van der Waals surface area contributed by atoms with Gasteiger partial charge in [0.2, 0.25) is 0 Å². The highest BCUT2D eigenvalue weighted by Crippen LogP contribution is 2.43. The lowest BCUT2D eigenvalue weighted by molar-refractivity contribution is 0.346. The van der Waals surface area contributed by atoms with E-state index in [1.807, 2.05) is 36.4 Å². The molecule has 0 aliphatic rings. The molecule has 2 N–H and O–H groups in total. The predicted molar refractivity (Wildman–Crippen MR) is 84.9 cm³/mol. The molecule has 2 aromatic carbocycles. The van der Waals surface area contributed by atoms with Crippen molar-refractivity contribution in [3.8, 4) is 0 Å². The van der Waals surface area contributed by atoms with Crippen molar-refractivity contribution >= 4 is 25.6 Å². The first-order chi connectivity index (χ1) is 9.23. The summed E-state index contributed by atoms with van der Waals surface area (Å²) in [6, 6.07) is 20.6. The number of hydrogen-bond donors (Lipinski definition) is 2. The molecule has 0 bridgehead atoms. The van der Waals surface area contributed by atoms with Gasteiger partial charge in [0.05, 0.1) is 12.7 Å². The van der Waals surface area contributed by atoms with Gasteiger partial charge in [-0.3, -0.25) is 0 Å². The zero-order chi connectivity index (χ0) is 13.7. The topological polar surface area (TPSA) is 40.5 Å². The third-order valence-corrected chi connectivity index (χ3v) is 14.7. The highest BCUT2D eigenvalue weighted by Gasteiger charge is 2.39. The molecule has 100 valence electrons. The first kappa shape index (κ1) is 14.4. The summed E-state index contributed by atoms with van der Waals surface area (Å²) in [5.74, 6) is 0. The van der Waals surface area contributed by atoms with Crippen LogP contribution in [0.25, 0.3) is 0 Å².